The first-order valence-corrected chi connectivity index (χ1v) is 8.49. The Morgan fingerprint density at radius 1 is 1.28 bits per heavy atom. The Kier molecular flexibility index (Phi) is 6.33. The molecule has 6 heteroatoms. The standard InChI is InChI=1S/C19H24N2O4/c1-3-6-15(19(24)25)12-20-18(23)11-17-16-8-5-4-7-14(16)9-10-21(17)13(2)22/h4-5,7-10,15,17H,3,6,11-12H2,1-2H3,(H,20,23)(H,24,25). The van der Waals surface area contributed by atoms with Crippen molar-refractivity contribution < 1.29 is 19.5 Å². The van der Waals surface area contributed by atoms with Gasteiger partial charge in [0.1, 0.15) is 0 Å². The number of benzene rings is 1. The highest BCUT2D eigenvalue weighted by molar-refractivity contribution is 5.82. The van der Waals surface area contributed by atoms with E-state index in [1.807, 2.05) is 37.3 Å². The van der Waals surface area contributed by atoms with Crippen LogP contribution in [0.15, 0.2) is 30.5 Å². The number of amides is 2. The van der Waals surface area contributed by atoms with Gasteiger partial charge in [0, 0.05) is 19.7 Å². The van der Waals surface area contributed by atoms with Crippen LogP contribution in [-0.2, 0) is 14.4 Å². The zero-order valence-corrected chi connectivity index (χ0v) is 14.6. The Balaban J connectivity index is 2.08. The van der Waals surface area contributed by atoms with Crippen LogP contribution in [0.4, 0.5) is 0 Å². The van der Waals surface area contributed by atoms with Crippen molar-refractivity contribution in [2.75, 3.05) is 6.54 Å². The van der Waals surface area contributed by atoms with Crippen LogP contribution in [0.1, 0.15) is 50.3 Å². The van der Waals surface area contributed by atoms with Gasteiger partial charge in [-0.05, 0) is 23.6 Å². The smallest absolute Gasteiger partial charge is 0.308 e. The molecule has 0 saturated heterocycles. The summed E-state index contributed by atoms with van der Waals surface area (Å²) in [4.78, 5) is 37.0. The number of aliphatic carboxylic acids is 1. The second-order valence-electron chi connectivity index (χ2n) is 6.22. The second-order valence-corrected chi connectivity index (χ2v) is 6.22. The minimum absolute atomic E-state index is 0.0966. The maximum atomic E-state index is 12.4. The fraction of sp³-hybridized carbons (Fsp3) is 0.421. The van der Waals surface area contributed by atoms with Gasteiger partial charge < -0.3 is 15.3 Å². The van der Waals surface area contributed by atoms with Crippen molar-refractivity contribution in [2.45, 2.75) is 39.2 Å². The molecule has 2 unspecified atom stereocenters. The van der Waals surface area contributed by atoms with E-state index >= 15 is 0 Å². The number of carboxylic acid groups (broad SMARTS) is 1. The number of carbonyl (C=O) groups excluding carboxylic acids is 2. The first-order chi connectivity index (χ1) is 11.9. The van der Waals surface area contributed by atoms with E-state index in [0.717, 1.165) is 17.5 Å². The van der Waals surface area contributed by atoms with Crippen molar-refractivity contribution in [3.8, 4) is 0 Å². The van der Waals surface area contributed by atoms with E-state index in [0.29, 0.717) is 6.42 Å². The molecule has 0 aliphatic carbocycles. The molecule has 0 fully saturated rings. The summed E-state index contributed by atoms with van der Waals surface area (Å²) in [5.41, 5.74) is 1.89. The molecule has 2 atom stereocenters. The largest absolute Gasteiger partial charge is 0.481 e. The molecule has 1 aliphatic heterocycles. The minimum atomic E-state index is -0.904. The third-order valence-electron chi connectivity index (χ3n) is 4.38. The molecular weight excluding hydrogens is 320 g/mol. The molecule has 1 heterocycles. The summed E-state index contributed by atoms with van der Waals surface area (Å²) in [7, 11) is 0. The lowest BCUT2D eigenvalue weighted by Crippen LogP contribution is -2.37. The normalized spacial score (nSPS) is 16.9. The third kappa shape index (κ3) is 4.68. The second kappa shape index (κ2) is 8.46. The Morgan fingerprint density at radius 3 is 2.64 bits per heavy atom. The average molecular weight is 344 g/mol. The van der Waals surface area contributed by atoms with Crippen molar-refractivity contribution in [2.24, 2.45) is 5.92 Å². The number of carboxylic acids is 1. The number of rotatable bonds is 7. The number of hydrogen-bond acceptors (Lipinski definition) is 3. The van der Waals surface area contributed by atoms with Crippen LogP contribution in [0, 0.1) is 5.92 Å². The number of fused-ring (bicyclic) bond motifs is 1. The number of nitrogens with zero attached hydrogens (tertiary/aromatic N) is 1. The van der Waals surface area contributed by atoms with Crippen LogP contribution < -0.4 is 5.32 Å². The van der Waals surface area contributed by atoms with E-state index < -0.39 is 11.9 Å². The fourth-order valence-corrected chi connectivity index (χ4v) is 3.06. The van der Waals surface area contributed by atoms with E-state index in [-0.39, 0.29) is 30.8 Å². The predicted molar refractivity (Wildman–Crippen MR) is 94.4 cm³/mol. The molecule has 6 nitrogen and oxygen atoms in total. The van der Waals surface area contributed by atoms with Crippen LogP contribution >= 0.6 is 0 Å². The molecule has 0 radical (unpaired) electrons. The molecular formula is C19H24N2O4. The molecule has 1 aromatic carbocycles. The molecule has 134 valence electrons. The van der Waals surface area contributed by atoms with Gasteiger partial charge in [0.25, 0.3) is 0 Å². The van der Waals surface area contributed by atoms with E-state index in [2.05, 4.69) is 5.32 Å². The van der Waals surface area contributed by atoms with Crippen molar-refractivity contribution >= 4 is 23.9 Å². The van der Waals surface area contributed by atoms with E-state index in [1.54, 1.807) is 11.1 Å². The van der Waals surface area contributed by atoms with Crippen molar-refractivity contribution in [3.05, 3.63) is 41.6 Å². The highest BCUT2D eigenvalue weighted by Crippen LogP contribution is 2.32. The molecule has 1 aromatic rings. The highest BCUT2D eigenvalue weighted by atomic mass is 16.4. The number of carbonyl (C=O) groups is 3. The maximum absolute atomic E-state index is 12.4. The van der Waals surface area contributed by atoms with E-state index in [4.69, 9.17) is 0 Å². The van der Waals surface area contributed by atoms with Gasteiger partial charge in [-0.1, -0.05) is 37.6 Å². The molecule has 2 amide bonds. The average Bonchev–Trinajstić information content (AvgIpc) is 2.58. The highest BCUT2D eigenvalue weighted by Gasteiger charge is 2.28. The van der Waals surface area contributed by atoms with Gasteiger partial charge in [0.2, 0.25) is 11.8 Å². The zero-order chi connectivity index (χ0) is 18.4. The monoisotopic (exact) mass is 344 g/mol. The Bertz CT molecular complexity index is 684. The van der Waals surface area contributed by atoms with Crippen molar-refractivity contribution in [3.63, 3.8) is 0 Å². The summed E-state index contributed by atoms with van der Waals surface area (Å²) in [6.45, 7) is 3.48. The van der Waals surface area contributed by atoms with Crippen LogP contribution in [0.5, 0.6) is 0 Å². The minimum Gasteiger partial charge on any atom is -0.481 e. The maximum Gasteiger partial charge on any atom is 0.308 e. The van der Waals surface area contributed by atoms with E-state index in [9.17, 15) is 19.5 Å². The first kappa shape index (κ1) is 18.7. The summed E-state index contributed by atoms with van der Waals surface area (Å²) in [6.07, 6.45) is 4.90. The Hall–Kier alpha value is -2.63. The summed E-state index contributed by atoms with van der Waals surface area (Å²) in [5, 5.41) is 11.9. The zero-order valence-electron chi connectivity index (χ0n) is 14.6. The summed E-state index contributed by atoms with van der Waals surface area (Å²) < 4.78 is 0. The molecule has 0 saturated carbocycles. The van der Waals surface area contributed by atoms with Gasteiger partial charge in [-0.2, -0.15) is 0 Å². The fourth-order valence-electron chi connectivity index (χ4n) is 3.06. The number of hydrogen-bond donors (Lipinski definition) is 2. The van der Waals surface area contributed by atoms with Gasteiger partial charge in [-0.3, -0.25) is 14.4 Å². The molecule has 25 heavy (non-hydrogen) atoms. The van der Waals surface area contributed by atoms with Gasteiger partial charge in [-0.25, -0.2) is 0 Å². The van der Waals surface area contributed by atoms with Gasteiger partial charge >= 0.3 is 5.97 Å². The Morgan fingerprint density at radius 2 is 2.00 bits per heavy atom. The van der Waals surface area contributed by atoms with Crippen LogP contribution in [-0.4, -0.2) is 34.3 Å². The predicted octanol–water partition coefficient (Wildman–Crippen LogP) is 2.57. The van der Waals surface area contributed by atoms with Gasteiger partial charge in [0.05, 0.1) is 18.4 Å². The lowest BCUT2D eigenvalue weighted by molar-refractivity contribution is -0.142. The third-order valence-corrected chi connectivity index (χ3v) is 4.38. The van der Waals surface area contributed by atoms with Crippen LogP contribution in [0.25, 0.3) is 6.08 Å². The van der Waals surface area contributed by atoms with Crippen molar-refractivity contribution in [1.82, 2.24) is 10.2 Å². The summed E-state index contributed by atoms with van der Waals surface area (Å²) in [6, 6.07) is 7.25. The quantitative estimate of drug-likeness (QED) is 0.796. The SMILES string of the molecule is CCCC(CNC(=O)CC1c2ccccc2C=CN1C(C)=O)C(=O)O. The number of nitrogens with one attached hydrogen (secondary N) is 1. The van der Waals surface area contributed by atoms with Gasteiger partial charge in [0.15, 0.2) is 0 Å². The first-order valence-electron chi connectivity index (χ1n) is 8.49. The lowest BCUT2D eigenvalue weighted by atomic mass is 9.93. The molecule has 0 bridgehead atoms. The molecule has 2 N–H and O–H groups in total. The molecule has 0 aromatic heterocycles. The molecule has 0 spiro atoms. The lowest BCUT2D eigenvalue weighted by Gasteiger charge is -2.32. The topological polar surface area (TPSA) is 86.7 Å². The van der Waals surface area contributed by atoms with Gasteiger partial charge in [-0.15, -0.1) is 0 Å². The Labute approximate surface area is 147 Å². The van der Waals surface area contributed by atoms with Crippen LogP contribution in [0.3, 0.4) is 0 Å². The van der Waals surface area contributed by atoms with Crippen molar-refractivity contribution in [1.29, 1.82) is 0 Å². The molecule has 1 aliphatic rings. The molecule has 2 rings (SSSR count). The summed E-state index contributed by atoms with van der Waals surface area (Å²) >= 11 is 0. The summed E-state index contributed by atoms with van der Waals surface area (Å²) in [5.74, 6) is -1.89. The van der Waals surface area contributed by atoms with E-state index in [1.165, 1.54) is 6.92 Å². The van der Waals surface area contributed by atoms with Crippen LogP contribution in [0.2, 0.25) is 0 Å².